The third-order valence-corrected chi connectivity index (χ3v) is 4.33. The number of aliphatic hydroxyl groups is 1. The quantitative estimate of drug-likeness (QED) is 0.796. The van der Waals surface area contributed by atoms with E-state index in [-0.39, 0.29) is 0 Å². The first-order valence-corrected chi connectivity index (χ1v) is 6.65. The van der Waals surface area contributed by atoms with Gasteiger partial charge in [-0.3, -0.25) is 4.79 Å². The summed E-state index contributed by atoms with van der Waals surface area (Å²) in [7, 11) is 0. The molecule has 2 unspecified atom stereocenters. The van der Waals surface area contributed by atoms with E-state index in [2.05, 4.69) is 13.8 Å². The van der Waals surface area contributed by atoms with Crippen molar-refractivity contribution < 1.29 is 15.0 Å². The molecule has 2 N–H and O–H groups in total. The number of carbonyl (C=O) groups is 1. The molecule has 2 atom stereocenters. The van der Waals surface area contributed by atoms with Crippen LogP contribution in [0.2, 0.25) is 0 Å². The molecule has 0 radical (unpaired) electrons. The van der Waals surface area contributed by atoms with Gasteiger partial charge in [-0.15, -0.1) is 0 Å². The zero-order valence-corrected chi connectivity index (χ0v) is 11.5. The number of carboxylic acid groups (broad SMARTS) is 1. The molecule has 17 heavy (non-hydrogen) atoms. The monoisotopic (exact) mass is 242 g/mol. The first-order chi connectivity index (χ1) is 7.69. The number of aliphatic carboxylic acids is 1. The van der Waals surface area contributed by atoms with E-state index in [9.17, 15) is 15.0 Å². The Morgan fingerprint density at radius 1 is 1.47 bits per heavy atom. The van der Waals surface area contributed by atoms with E-state index in [4.69, 9.17) is 0 Å². The molecular formula is C14H26O3. The molecule has 3 nitrogen and oxygen atoms in total. The van der Waals surface area contributed by atoms with Crippen molar-refractivity contribution in [2.45, 2.75) is 65.4 Å². The molecule has 0 spiro atoms. The predicted molar refractivity (Wildman–Crippen MR) is 67.8 cm³/mol. The Labute approximate surface area is 104 Å². The van der Waals surface area contributed by atoms with Crippen LogP contribution in [-0.4, -0.2) is 21.8 Å². The lowest BCUT2D eigenvalue weighted by atomic mass is 9.63. The maximum absolute atomic E-state index is 11.3. The standard InChI is InChI=1S/C14H26O3/c1-10(2)8-11-6-5-7-14(17,9-11)13(3,4)12(15)16/h10-11,17H,5-9H2,1-4H3,(H,15,16). The van der Waals surface area contributed by atoms with Crippen molar-refractivity contribution in [2.75, 3.05) is 0 Å². The van der Waals surface area contributed by atoms with Gasteiger partial charge in [0.15, 0.2) is 0 Å². The highest BCUT2D eigenvalue weighted by molar-refractivity contribution is 5.75. The van der Waals surface area contributed by atoms with Gasteiger partial charge >= 0.3 is 5.97 Å². The van der Waals surface area contributed by atoms with Crippen LogP contribution in [0.3, 0.4) is 0 Å². The second kappa shape index (κ2) is 4.97. The zero-order valence-electron chi connectivity index (χ0n) is 11.5. The Balaban J connectivity index is 2.79. The highest BCUT2D eigenvalue weighted by Gasteiger charge is 2.50. The second-order valence-corrected chi connectivity index (χ2v) is 6.55. The van der Waals surface area contributed by atoms with Gasteiger partial charge in [-0.05, 0) is 44.9 Å². The highest BCUT2D eigenvalue weighted by Crippen LogP contribution is 2.45. The van der Waals surface area contributed by atoms with E-state index < -0.39 is 17.0 Å². The maximum atomic E-state index is 11.3. The third kappa shape index (κ3) is 3.01. The molecule has 1 aliphatic carbocycles. The van der Waals surface area contributed by atoms with Crippen LogP contribution >= 0.6 is 0 Å². The van der Waals surface area contributed by atoms with Crippen molar-refractivity contribution in [3.63, 3.8) is 0 Å². The molecule has 0 aliphatic heterocycles. The van der Waals surface area contributed by atoms with Crippen LogP contribution in [-0.2, 0) is 4.79 Å². The van der Waals surface area contributed by atoms with Crippen LogP contribution < -0.4 is 0 Å². The first kappa shape index (κ1) is 14.5. The number of carboxylic acids is 1. The molecule has 1 rings (SSSR count). The topological polar surface area (TPSA) is 57.5 Å². The van der Waals surface area contributed by atoms with Gasteiger partial charge in [-0.25, -0.2) is 0 Å². The molecule has 0 bridgehead atoms. The molecule has 0 aromatic rings. The smallest absolute Gasteiger partial charge is 0.312 e. The molecule has 3 heteroatoms. The summed E-state index contributed by atoms with van der Waals surface area (Å²) >= 11 is 0. The Bertz CT molecular complexity index is 283. The van der Waals surface area contributed by atoms with Gasteiger partial charge in [-0.2, -0.15) is 0 Å². The summed E-state index contributed by atoms with van der Waals surface area (Å²) in [6.07, 6.45) is 4.38. The summed E-state index contributed by atoms with van der Waals surface area (Å²) in [5, 5.41) is 19.9. The van der Waals surface area contributed by atoms with Crippen molar-refractivity contribution >= 4 is 5.97 Å². The minimum atomic E-state index is -1.05. The molecule has 1 fully saturated rings. The summed E-state index contributed by atoms with van der Waals surface area (Å²) in [5.74, 6) is 0.174. The van der Waals surface area contributed by atoms with Gasteiger partial charge in [0.25, 0.3) is 0 Å². The van der Waals surface area contributed by atoms with E-state index in [1.807, 2.05) is 0 Å². The molecule has 0 aromatic heterocycles. The van der Waals surface area contributed by atoms with Crippen molar-refractivity contribution in [1.82, 2.24) is 0 Å². The second-order valence-electron chi connectivity index (χ2n) is 6.55. The van der Waals surface area contributed by atoms with Gasteiger partial charge in [0.2, 0.25) is 0 Å². The fourth-order valence-corrected chi connectivity index (χ4v) is 3.00. The zero-order chi connectivity index (χ0) is 13.3. The summed E-state index contributed by atoms with van der Waals surface area (Å²) in [6, 6.07) is 0. The normalized spacial score (nSPS) is 30.6. The Hall–Kier alpha value is -0.570. The van der Waals surface area contributed by atoms with Crippen molar-refractivity contribution in [1.29, 1.82) is 0 Å². The molecular weight excluding hydrogens is 216 g/mol. The Kier molecular flexibility index (Phi) is 4.23. The molecule has 0 heterocycles. The van der Waals surface area contributed by atoms with Crippen molar-refractivity contribution in [3.8, 4) is 0 Å². The third-order valence-electron chi connectivity index (χ3n) is 4.33. The van der Waals surface area contributed by atoms with Crippen LogP contribution in [0.15, 0.2) is 0 Å². The van der Waals surface area contributed by atoms with E-state index >= 15 is 0 Å². The number of rotatable bonds is 4. The summed E-state index contributed by atoms with van der Waals surface area (Å²) < 4.78 is 0. The largest absolute Gasteiger partial charge is 0.481 e. The van der Waals surface area contributed by atoms with Gasteiger partial charge in [0, 0.05) is 0 Å². The first-order valence-electron chi connectivity index (χ1n) is 6.65. The van der Waals surface area contributed by atoms with Crippen LogP contribution in [0.25, 0.3) is 0 Å². The summed E-state index contributed by atoms with van der Waals surface area (Å²) in [5.41, 5.74) is -2.10. The minimum Gasteiger partial charge on any atom is -0.481 e. The number of hydrogen-bond donors (Lipinski definition) is 2. The molecule has 1 saturated carbocycles. The van der Waals surface area contributed by atoms with Crippen molar-refractivity contribution in [3.05, 3.63) is 0 Å². The van der Waals surface area contributed by atoms with Gasteiger partial charge < -0.3 is 10.2 Å². The molecule has 0 amide bonds. The van der Waals surface area contributed by atoms with Crippen LogP contribution in [0.4, 0.5) is 0 Å². The maximum Gasteiger partial charge on any atom is 0.312 e. The molecule has 0 aromatic carbocycles. The van der Waals surface area contributed by atoms with E-state index in [0.29, 0.717) is 24.7 Å². The summed E-state index contributed by atoms with van der Waals surface area (Å²) in [6.45, 7) is 7.65. The van der Waals surface area contributed by atoms with Crippen molar-refractivity contribution in [2.24, 2.45) is 17.3 Å². The molecule has 100 valence electrons. The lowest BCUT2D eigenvalue weighted by Crippen LogP contribution is -2.52. The van der Waals surface area contributed by atoms with Gasteiger partial charge in [0.05, 0.1) is 11.0 Å². The Morgan fingerprint density at radius 3 is 2.53 bits per heavy atom. The fourth-order valence-electron chi connectivity index (χ4n) is 3.00. The molecule has 1 aliphatic rings. The van der Waals surface area contributed by atoms with E-state index in [0.717, 1.165) is 19.3 Å². The number of hydrogen-bond acceptors (Lipinski definition) is 2. The SMILES string of the molecule is CC(C)CC1CCCC(O)(C(C)(C)C(=O)O)C1. The lowest BCUT2D eigenvalue weighted by Gasteiger charge is -2.45. The minimum absolute atomic E-state index is 0.465. The fraction of sp³-hybridized carbons (Fsp3) is 0.929. The summed E-state index contributed by atoms with van der Waals surface area (Å²) in [4.78, 5) is 11.3. The average Bonchev–Trinajstić information content (AvgIpc) is 2.15. The van der Waals surface area contributed by atoms with Gasteiger partial charge in [-0.1, -0.05) is 26.7 Å². The van der Waals surface area contributed by atoms with E-state index in [1.54, 1.807) is 13.8 Å². The van der Waals surface area contributed by atoms with Crippen LogP contribution in [0, 0.1) is 17.3 Å². The Morgan fingerprint density at radius 2 is 2.06 bits per heavy atom. The average molecular weight is 242 g/mol. The predicted octanol–water partition coefficient (Wildman–Crippen LogP) is 3.06. The van der Waals surface area contributed by atoms with Crippen LogP contribution in [0.5, 0.6) is 0 Å². The highest BCUT2D eigenvalue weighted by atomic mass is 16.4. The lowest BCUT2D eigenvalue weighted by molar-refractivity contribution is -0.171. The van der Waals surface area contributed by atoms with Crippen LogP contribution in [0.1, 0.15) is 59.8 Å². The van der Waals surface area contributed by atoms with Gasteiger partial charge in [0.1, 0.15) is 0 Å². The van der Waals surface area contributed by atoms with E-state index in [1.165, 1.54) is 0 Å². The molecule has 0 saturated heterocycles.